The minimum Gasteiger partial charge on any atom is -0.392 e. The van der Waals surface area contributed by atoms with Crippen LogP contribution in [0.4, 0.5) is 0 Å². The molecule has 21 heavy (non-hydrogen) atoms. The van der Waals surface area contributed by atoms with Crippen LogP contribution in [-0.4, -0.2) is 26.7 Å². The summed E-state index contributed by atoms with van der Waals surface area (Å²) in [5.41, 5.74) is 2.21. The zero-order chi connectivity index (χ0) is 15.2. The predicted molar refractivity (Wildman–Crippen MR) is 91.9 cm³/mol. The fraction of sp³-hybridized carbons (Fsp3) is 0.438. The summed E-state index contributed by atoms with van der Waals surface area (Å²) < 4.78 is 3.07. The second kappa shape index (κ2) is 8.01. The number of benzene rings is 1. The summed E-state index contributed by atoms with van der Waals surface area (Å²) in [6.07, 6.45) is 1.22. The molecule has 0 aliphatic carbocycles. The van der Waals surface area contributed by atoms with E-state index in [9.17, 15) is 5.11 Å². The second-order valence-corrected chi connectivity index (χ2v) is 6.81. The maximum absolute atomic E-state index is 10.3. The van der Waals surface area contributed by atoms with Gasteiger partial charge in [0.25, 0.3) is 0 Å². The monoisotopic (exact) mass is 368 g/mol. The van der Waals surface area contributed by atoms with Gasteiger partial charge in [0, 0.05) is 33.8 Å². The molecule has 0 amide bonds. The molecular weight excluding hydrogens is 348 g/mol. The van der Waals surface area contributed by atoms with E-state index >= 15 is 0 Å². The van der Waals surface area contributed by atoms with E-state index < -0.39 is 0 Å². The molecule has 0 aliphatic heterocycles. The maximum Gasteiger partial charge on any atom is 0.0689 e. The SMILES string of the molecule is CCc1cc(CC(O)CSc2ccccc2Br)n(CC)n1. The van der Waals surface area contributed by atoms with Crippen LogP contribution in [-0.2, 0) is 19.4 Å². The average Bonchev–Trinajstić information content (AvgIpc) is 2.88. The third-order valence-electron chi connectivity index (χ3n) is 3.29. The molecule has 5 heteroatoms. The predicted octanol–water partition coefficient (Wildman–Crippen LogP) is 3.92. The Bertz CT molecular complexity index is 585. The third kappa shape index (κ3) is 4.59. The zero-order valence-electron chi connectivity index (χ0n) is 12.4. The lowest BCUT2D eigenvalue weighted by Crippen LogP contribution is -2.16. The third-order valence-corrected chi connectivity index (χ3v) is 5.46. The zero-order valence-corrected chi connectivity index (χ0v) is 14.8. The molecule has 114 valence electrons. The van der Waals surface area contributed by atoms with Crippen LogP contribution in [0.25, 0.3) is 0 Å². The van der Waals surface area contributed by atoms with Crippen molar-refractivity contribution in [1.29, 1.82) is 0 Å². The Hall–Kier alpha value is -0.780. The molecule has 0 saturated carbocycles. The Labute approximate surface area is 138 Å². The van der Waals surface area contributed by atoms with Gasteiger partial charge in [0.05, 0.1) is 11.8 Å². The minimum absolute atomic E-state index is 0.367. The first-order chi connectivity index (χ1) is 10.1. The van der Waals surface area contributed by atoms with Gasteiger partial charge in [-0.2, -0.15) is 5.10 Å². The Morgan fingerprint density at radius 3 is 2.76 bits per heavy atom. The standard InChI is InChI=1S/C16H21BrN2OS/c1-3-12-9-13(19(4-2)18-12)10-14(20)11-21-16-8-6-5-7-15(16)17/h5-9,14,20H,3-4,10-11H2,1-2H3. The van der Waals surface area contributed by atoms with E-state index in [2.05, 4.69) is 47.0 Å². The quantitative estimate of drug-likeness (QED) is 0.752. The molecule has 1 heterocycles. The van der Waals surface area contributed by atoms with Crippen LogP contribution in [0.15, 0.2) is 39.7 Å². The summed E-state index contributed by atoms with van der Waals surface area (Å²) in [5.74, 6) is 0.680. The lowest BCUT2D eigenvalue weighted by atomic mass is 10.2. The highest BCUT2D eigenvalue weighted by Gasteiger charge is 2.12. The molecule has 0 spiro atoms. The Kier molecular flexibility index (Phi) is 6.33. The molecule has 1 unspecified atom stereocenters. The highest BCUT2D eigenvalue weighted by molar-refractivity contribution is 9.10. The number of aryl methyl sites for hydroxylation is 2. The van der Waals surface area contributed by atoms with E-state index in [4.69, 9.17) is 0 Å². The molecule has 1 atom stereocenters. The fourth-order valence-corrected chi connectivity index (χ4v) is 3.67. The van der Waals surface area contributed by atoms with E-state index in [1.54, 1.807) is 11.8 Å². The van der Waals surface area contributed by atoms with Crippen molar-refractivity contribution in [3.63, 3.8) is 0 Å². The highest BCUT2D eigenvalue weighted by atomic mass is 79.9. The lowest BCUT2D eigenvalue weighted by molar-refractivity contribution is 0.197. The first-order valence-electron chi connectivity index (χ1n) is 7.25. The molecule has 0 aliphatic rings. The topological polar surface area (TPSA) is 38.0 Å². The van der Waals surface area contributed by atoms with Gasteiger partial charge in [-0.15, -0.1) is 11.8 Å². The van der Waals surface area contributed by atoms with Crippen LogP contribution >= 0.6 is 27.7 Å². The normalized spacial score (nSPS) is 12.6. The molecule has 0 bridgehead atoms. The number of rotatable bonds is 7. The average molecular weight is 369 g/mol. The largest absolute Gasteiger partial charge is 0.392 e. The number of halogens is 1. The fourth-order valence-electron chi connectivity index (χ4n) is 2.17. The van der Waals surface area contributed by atoms with Gasteiger partial charge in [0.15, 0.2) is 0 Å². The molecule has 2 aromatic rings. The van der Waals surface area contributed by atoms with Crippen molar-refractivity contribution < 1.29 is 5.11 Å². The number of hydrogen-bond acceptors (Lipinski definition) is 3. The second-order valence-electron chi connectivity index (χ2n) is 4.90. The number of thioether (sulfide) groups is 1. The summed E-state index contributed by atoms with van der Waals surface area (Å²) >= 11 is 5.21. The van der Waals surface area contributed by atoms with Crippen LogP contribution in [0.2, 0.25) is 0 Å². The van der Waals surface area contributed by atoms with Crippen LogP contribution in [0.5, 0.6) is 0 Å². The molecule has 2 rings (SSSR count). The van der Waals surface area contributed by atoms with Crippen LogP contribution in [0.1, 0.15) is 25.2 Å². The summed E-state index contributed by atoms with van der Waals surface area (Å²) in [6, 6.07) is 10.2. The van der Waals surface area contributed by atoms with E-state index in [1.165, 1.54) is 0 Å². The molecule has 1 aromatic carbocycles. The summed E-state index contributed by atoms with van der Waals surface area (Å²) in [5, 5.41) is 14.8. The molecule has 1 N–H and O–H groups in total. The summed E-state index contributed by atoms with van der Waals surface area (Å²) in [4.78, 5) is 1.16. The minimum atomic E-state index is -0.367. The summed E-state index contributed by atoms with van der Waals surface area (Å²) in [7, 11) is 0. The van der Waals surface area contributed by atoms with Crippen LogP contribution < -0.4 is 0 Å². The molecule has 0 fully saturated rings. The van der Waals surface area contributed by atoms with Gasteiger partial charge in [-0.3, -0.25) is 4.68 Å². The van der Waals surface area contributed by atoms with Crippen molar-refractivity contribution in [1.82, 2.24) is 9.78 Å². The highest BCUT2D eigenvalue weighted by Crippen LogP contribution is 2.27. The van der Waals surface area contributed by atoms with Gasteiger partial charge in [0.1, 0.15) is 0 Å². The lowest BCUT2D eigenvalue weighted by Gasteiger charge is -2.12. The number of hydrogen-bond donors (Lipinski definition) is 1. The van der Waals surface area contributed by atoms with Crippen molar-refractivity contribution in [2.24, 2.45) is 0 Å². The molecular formula is C16H21BrN2OS. The van der Waals surface area contributed by atoms with Gasteiger partial charge in [-0.05, 0) is 47.5 Å². The van der Waals surface area contributed by atoms with Crippen molar-refractivity contribution in [2.75, 3.05) is 5.75 Å². The van der Waals surface area contributed by atoms with Crippen LogP contribution in [0, 0.1) is 0 Å². The Balaban J connectivity index is 1.94. The van der Waals surface area contributed by atoms with E-state index in [0.29, 0.717) is 12.2 Å². The van der Waals surface area contributed by atoms with Gasteiger partial charge in [-0.25, -0.2) is 0 Å². The Morgan fingerprint density at radius 1 is 1.33 bits per heavy atom. The van der Waals surface area contributed by atoms with Crippen molar-refractivity contribution in [3.8, 4) is 0 Å². The number of nitrogens with zero attached hydrogens (tertiary/aromatic N) is 2. The number of aromatic nitrogens is 2. The van der Waals surface area contributed by atoms with Crippen molar-refractivity contribution in [2.45, 2.75) is 44.2 Å². The van der Waals surface area contributed by atoms with Crippen LogP contribution in [0.3, 0.4) is 0 Å². The Morgan fingerprint density at radius 2 is 2.10 bits per heavy atom. The molecule has 3 nitrogen and oxygen atoms in total. The number of aliphatic hydroxyl groups excluding tert-OH is 1. The molecule has 1 aromatic heterocycles. The van der Waals surface area contributed by atoms with Gasteiger partial charge < -0.3 is 5.11 Å². The van der Waals surface area contributed by atoms with Gasteiger partial charge >= 0.3 is 0 Å². The van der Waals surface area contributed by atoms with Gasteiger partial charge in [0.2, 0.25) is 0 Å². The summed E-state index contributed by atoms with van der Waals surface area (Å²) in [6.45, 7) is 5.03. The maximum atomic E-state index is 10.3. The van der Waals surface area contributed by atoms with E-state index in [0.717, 1.165) is 33.7 Å². The molecule has 0 radical (unpaired) electrons. The van der Waals surface area contributed by atoms with E-state index in [-0.39, 0.29) is 6.10 Å². The van der Waals surface area contributed by atoms with Crippen molar-refractivity contribution in [3.05, 3.63) is 46.2 Å². The van der Waals surface area contributed by atoms with Crippen molar-refractivity contribution >= 4 is 27.7 Å². The first-order valence-corrected chi connectivity index (χ1v) is 9.02. The smallest absolute Gasteiger partial charge is 0.0689 e. The van der Waals surface area contributed by atoms with E-state index in [1.807, 2.05) is 22.9 Å². The first kappa shape index (κ1) is 16.6. The van der Waals surface area contributed by atoms with Gasteiger partial charge in [-0.1, -0.05) is 19.1 Å². The number of aliphatic hydroxyl groups is 1. The molecule has 0 saturated heterocycles.